The second kappa shape index (κ2) is 10.1. The highest BCUT2D eigenvalue weighted by molar-refractivity contribution is 5.71. The maximum Gasteiger partial charge on any atom is 0.434 e. The Morgan fingerprint density at radius 3 is 2.61 bits per heavy atom. The molecule has 1 N–H and O–H groups in total. The van der Waals surface area contributed by atoms with Crippen LogP contribution < -0.4 is 10.1 Å². The highest BCUT2D eigenvalue weighted by Gasteiger charge is 2.36. The fourth-order valence-corrected chi connectivity index (χ4v) is 4.62. The molecule has 10 nitrogen and oxygen atoms in total. The van der Waals surface area contributed by atoms with Gasteiger partial charge in [-0.15, -0.1) is 5.10 Å². The third-order valence-electron chi connectivity index (χ3n) is 6.79. The van der Waals surface area contributed by atoms with Crippen LogP contribution in [0.15, 0.2) is 43.1 Å². The molecular weight excluding hydrogens is 542 g/mol. The van der Waals surface area contributed by atoms with Crippen LogP contribution in [0.4, 0.5) is 23.4 Å². The number of ether oxygens (including phenoxy) is 1. The van der Waals surface area contributed by atoms with Gasteiger partial charge in [0.1, 0.15) is 23.5 Å². The Morgan fingerprint density at radius 2 is 1.93 bits per heavy atom. The lowest BCUT2D eigenvalue weighted by Gasteiger charge is -2.14. The number of hydrogen-bond acceptors (Lipinski definition) is 8. The van der Waals surface area contributed by atoms with Crippen LogP contribution in [0.1, 0.15) is 55.6 Å². The first-order valence-corrected chi connectivity index (χ1v) is 12.9. The van der Waals surface area contributed by atoms with Gasteiger partial charge in [0.15, 0.2) is 23.0 Å². The number of rotatable bonds is 8. The first kappa shape index (κ1) is 26.6. The van der Waals surface area contributed by atoms with Gasteiger partial charge in [-0.05, 0) is 44.4 Å². The molecule has 0 amide bonds. The highest BCUT2D eigenvalue weighted by atomic mass is 19.4. The average Bonchev–Trinajstić information content (AvgIpc) is 3.49. The molecule has 0 saturated heterocycles. The van der Waals surface area contributed by atoms with Crippen molar-refractivity contribution in [2.75, 3.05) is 12.4 Å². The number of hydrogen-bond donors (Lipinski definition) is 1. The molecule has 41 heavy (non-hydrogen) atoms. The summed E-state index contributed by atoms with van der Waals surface area (Å²) in [6, 6.07) is 3.96. The topological polar surface area (TPSA) is 108 Å². The monoisotopic (exact) mass is 567 g/mol. The van der Waals surface area contributed by atoms with E-state index in [1.807, 2.05) is 0 Å². The minimum atomic E-state index is -4.64. The molecule has 5 aromatic rings. The summed E-state index contributed by atoms with van der Waals surface area (Å²) in [4.78, 5) is 21.4. The quantitative estimate of drug-likeness (QED) is 0.239. The van der Waals surface area contributed by atoms with Crippen molar-refractivity contribution >= 4 is 11.5 Å². The lowest BCUT2D eigenvalue weighted by molar-refractivity contribution is -0.140. The number of imidazole rings is 2. The van der Waals surface area contributed by atoms with Crippen LogP contribution >= 0.6 is 0 Å². The zero-order valence-electron chi connectivity index (χ0n) is 22.3. The van der Waals surface area contributed by atoms with E-state index < -0.39 is 17.7 Å². The van der Waals surface area contributed by atoms with Crippen molar-refractivity contribution in [3.63, 3.8) is 0 Å². The summed E-state index contributed by atoms with van der Waals surface area (Å²) in [7, 11) is 1.52. The zero-order valence-corrected chi connectivity index (χ0v) is 22.3. The molecule has 4 aromatic heterocycles. The molecule has 1 aliphatic carbocycles. The summed E-state index contributed by atoms with van der Waals surface area (Å²) in [5.41, 5.74) is 1.31. The molecular formula is C27H25F4N9O. The number of anilines is 1. The molecule has 0 spiro atoms. The number of aromatic nitrogens is 8. The SMILES string of the molecule is COc1ncnc(C2CC2)c1-c1nc(NCc2ccc(-c3nc(C(F)(F)F)cn3C(C)C)c(F)c2)c2nccn2n1. The summed E-state index contributed by atoms with van der Waals surface area (Å²) in [5.74, 6) is 0.593. The molecule has 6 rings (SSSR count). The Morgan fingerprint density at radius 1 is 1.12 bits per heavy atom. The molecule has 1 saturated carbocycles. The number of nitrogens with one attached hydrogen (secondary N) is 1. The third-order valence-corrected chi connectivity index (χ3v) is 6.79. The Bertz CT molecular complexity index is 1740. The molecule has 0 radical (unpaired) electrons. The van der Waals surface area contributed by atoms with E-state index in [0.717, 1.165) is 24.7 Å². The number of alkyl halides is 3. The molecule has 0 aliphatic heterocycles. The van der Waals surface area contributed by atoms with Crippen LogP contribution in [0.3, 0.4) is 0 Å². The van der Waals surface area contributed by atoms with E-state index in [2.05, 4.69) is 30.4 Å². The minimum Gasteiger partial charge on any atom is -0.480 e. The molecule has 14 heteroatoms. The smallest absolute Gasteiger partial charge is 0.434 e. The summed E-state index contributed by atoms with van der Waals surface area (Å²) >= 11 is 0. The minimum absolute atomic E-state index is 0.0262. The number of fused-ring (bicyclic) bond motifs is 1. The number of nitrogens with zero attached hydrogens (tertiary/aromatic N) is 8. The van der Waals surface area contributed by atoms with E-state index in [4.69, 9.17) is 9.72 Å². The van der Waals surface area contributed by atoms with Crippen LogP contribution in [0.2, 0.25) is 0 Å². The highest BCUT2D eigenvalue weighted by Crippen LogP contribution is 2.45. The van der Waals surface area contributed by atoms with Crippen molar-refractivity contribution in [2.45, 2.75) is 51.4 Å². The fraction of sp³-hybridized carbons (Fsp3) is 0.333. The standard InChI is InChI=1S/C27H25F4N9O/c1-14(2)39-12-19(27(29,30)31)36-24(39)17-7-4-15(10-18(17)28)11-33-23-25-32-8-9-40(25)38-22(37-23)20-21(16-5-6-16)34-13-35-26(20)41-3/h4,7-10,12-14,16H,5-6,11H2,1-3H3,(H,33,37,38). The lowest BCUT2D eigenvalue weighted by atomic mass is 10.1. The van der Waals surface area contributed by atoms with Gasteiger partial charge in [-0.1, -0.05) is 6.07 Å². The van der Waals surface area contributed by atoms with Gasteiger partial charge < -0.3 is 14.6 Å². The summed E-state index contributed by atoms with van der Waals surface area (Å²) in [5, 5.41) is 7.78. The van der Waals surface area contributed by atoms with Crippen LogP contribution in [-0.2, 0) is 12.7 Å². The van der Waals surface area contributed by atoms with E-state index >= 15 is 4.39 Å². The Kier molecular flexibility index (Phi) is 6.54. The summed E-state index contributed by atoms with van der Waals surface area (Å²) < 4.78 is 63.6. The predicted molar refractivity (Wildman–Crippen MR) is 141 cm³/mol. The van der Waals surface area contributed by atoms with Gasteiger partial charge in [-0.3, -0.25) is 0 Å². The number of methoxy groups -OCH3 is 1. The van der Waals surface area contributed by atoms with Crippen molar-refractivity contribution in [1.82, 2.24) is 39.1 Å². The maximum absolute atomic E-state index is 15.3. The van der Waals surface area contributed by atoms with Crippen molar-refractivity contribution < 1.29 is 22.3 Å². The average molecular weight is 568 g/mol. The Balaban J connectivity index is 1.31. The van der Waals surface area contributed by atoms with Crippen LogP contribution in [0.5, 0.6) is 5.88 Å². The van der Waals surface area contributed by atoms with Gasteiger partial charge in [0.05, 0.1) is 18.4 Å². The van der Waals surface area contributed by atoms with Gasteiger partial charge in [0, 0.05) is 37.1 Å². The van der Waals surface area contributed by atoms with E-state index in [1.165, 1.54) is 30.1 Å². The van der Waals surface area contributed by atoms with E-state index in [9.17, 15) is 13.2 Å². The van der Waals surface area contributed by atoms with E-state index in [1.54, 1.807) is 36.8 Å². The second-order valence-electron chi connectivity index (χ2n) is 10.0. The van der Waals surface area contributed by atoms with Gasteiger partial charge >= 0.3 is 6.18 Å². The van der Waals surface area contributed by atoms with Gasteiger partial charge in [-0.2, -0.15) is 13.2 Å². The van der Waals surface area contributed by atoms with Crippen molar-refractivity contribution in [2.24, 2.45) is 0 Å². The first-order chi connectivity index (χ1) is 19.6. The van der Waals surface area contributed by atoms with Crippen molar-refractivity contribution in [3.8, 4) is 28.7 Å². The fourth-order valence-electron chi connectivity index (χ4n) is 4.62. The van der Waals surface area contributed by atoms with Gasteiger partial charge in [-0.25, -0.2) is 33.8 Å². The van der Waals surface area contributed by atoms with Crippen LogP contribution in [0, 0.1) is 5.82 Å². The largest absolute Gasteiger partial charge is 0.480 e. The molecule has 0 bridgehead atoms. The normalized spacial score (nSPS) is 13.8. The Labute approximate surface area is 231 Å². The number of halogens is 4. The van der Waals surface area contributed by atoms with Crippen LogP contribution in [0.25, 0.3) is 28.4 Å². The third kappa shape index (κ3) is 5.05. The maximum atomic E-state index is 15.3. The summed E-state index contributed by atoms with van der Waals surface area (Å²) in [6.07, 6.45) is 2.99. The van der Waals surface area contributed by atoms with E-state index in [0.29, 0.717) is 34.3 Å². The van der Waals surface area contributed by atoms with Gasteiger partial charge in [0.25, 0.3) is 0 Å². The number of benzene rings is 1. The zero-order chi connectivity index (χ0) is 28.9. The first-order valence-electron chi connectivity index (χ1n) is 12.9. The molecule has 4 heterocycles. The van der Waals surface area contributed by atoms with Gasteiger partial charge in [0.2, 0.25) is 5.88 Å². The lowest BCUT2D eigenvalue weighted by Crippen LogP contribution is -2.10. The van der Waals surface area contributed by atoms with Crippen molar-refractivity contribution in [1.29, 1.82) is 0 Å². The molecule has 0 unspecified atom stereocenters. The van der Waals surface area contributed by atoms with Crippen LogP contribution in [-0.4, -0.2) is 46.2 Å². The molecule has 1 aliphatic rings. The molecule has 212 valence electrons. The predicted octanol–water partition coefficient (Wildman–Crippen LogP) is 5.68. The van der Waals surface area contributed by atoms with E-state index in [-0.39, 0.29) is 29.9 Å². The molecule has 1 fully saturated rings. The van der Waals surface area contributed by atoms with Crippen molar-refractivity contribution in [3.05, 3.63) is 65.9 Å². The Hall–Kier alpha value is -4.62. The summed E-state index contributed by atoms with van der Waals surface area (Å²) in [6.45, 7) is 3.57. The molecule has 1 aromatic carbocycles. The molecule has 0 atom stereocenters. The second-order valence-corrected chi connectivity index (χ2v) is 10.0.